The third kappa shape index (κ3) is 9.17. The predicted molar refractivity (Wildman–Crippen MR) is 109 cm³/mol. The Labute approximate surface area is 158 Å². The minimum absolute atomic E-state index is 0.0384. The van der Waals surface area contributed by atoms with Gasteiger partial charge in [0.05, 0.1) is 19.3 Å². The van der Waals surface area contributed by atoms with Crippen LogP contribution in [0.4, 0.5) is 0 Å². The number of benzene rings is 1. The lowest BCUT2D eigenvalue weighted by Crippen LogP contribution is -2.40. The zero-order valence-corrected chi connectivity index (χ0v) is 16.7. The summed E-state index contributed by atoms with van der Waals surface area (Å²) >= 11 is 0. The van der Waals surface area contributed by atoms with Crippen LogP contribution in [0.3, 0.4) is 0 Å². The summed E-state index contributed by atoms with van der Waals surface area (Å²) in [5.41, 5.74) is 1.12. The fourth-order valence-electron chi connectivity index (χ4n) is 2.63. The van der Waals surface area contributed by atoms with Crippen LogP contribution in [-0.4, -0.2) is 75.6 Å². The van der Waals surface area contributed by atoms with Gasteiger partial charge in [0.25, 0.3) is 0 Å². The van der Waals surface area contributed by atoms with Gasteiger partial charge in [0, 0.05) is 32.2 Å². The van der Waals surface area contributed by atoms with Gasteiger partial charge < -0.3 is 25.4 Å². The number of hydrogen-bond acceptors (Lipinski definition) is 4. The van der Waals surface area contributed by atoms with Crippen molar-refractivity contribution in [2.75, 3.05) is 53.5 Å². The van der Waals surface area contributed by atoms with Crippen molar-refractivity contribution in [1.29, 1.82) is 0 Å². The number of hydrogen-bond donors (Lipinski definition) is 3. The highest BCUT2D eigenvalue weighted by Crippen LogP contribution is 2.13. The van der Waals surface area contributed by atoms with E-state index in [1.54, 1.807) is 0 Å². The van der Waals surface area contributed by atoms with Crippen LogP contribution in [0.15, 0.2) is 35.3 Å². The molecule has 0 saturated carbocycles. The molecule has 0 aliphatic rings. The van der Waals surface area contributed by atoms with Crippen LogP contribution >= 0.6 is 0 Å². The number of ether oxygens (including phenoxy) is 1. The highest BCUT2D eigenvalue weighted by molar-refractivity contribution is 5.79. The van der Waals surface area contributed by atoms with Crippen molar-refractivity contribution in [3.8, 4) is 0 Å². The average molecular weight is 365 g/mol. The molecule has 0 heterocycles. The summed E-state index contributed by atoms with van der Waals surface area (Å²) in [7, 11) is 4.13. The summed E-state index contributed by atoms with van der Waals surface area (Å²) in [6.07, 6.45) is 1.06. The Balaban J connectivity index is 2.62. The summed E-state index contributed by atoms with van der Waals surface area (Å²) in [5, 5.41) is 16.3. The third-order valence-corrected chi connectivity index (χ3v) is 4.11. The van der Waals surface area contributed by atoms with E-state index < -0.39 is 0 Å². The molecule has 6 nitrogen and oxygen atoms in total. The number of rotatable bonds is 12. The summed E-state index contributed by atoms with van der Waals surface area (Å²) in [6, 6.07) is 10.1. The molecular formula is C20H36N4O2. The Morgan fingerprint density at radius 1 is 1.19 bits per heavy atom. The lowest BCUT2D eigenvalue weighted by Gasteiger charge is -2.20. The Kier molecular flexibility index (Phi) is 11.7. The van der Waals surface area contributed by atoms with Crippen LogP contribution in [0.25, 0.3) is 0 Å². The predicted octanol–water partition coefficient (Wildman–Crippen LogP) is 1.67. The van der Waals surface area contributed by atoms with Crippen molar-refractivity contribution in [2.45, 2.75) is 32.3 Å². The van der Waals surface area contributed by atoms with Crippen molar-refractivity contribution in [1.82, 2.24) is 15.5 Å². The number of aliphatic imine (C=N–C) groups is 1. The van der Waals surface area contributed by atoms with Gasteiger partial charge in [-0.25, -0.2) is 0 Å². The maximum Gasteiger partial charge on any atom is 0.191 e. The Morgan fingerprint density at radius 3 is 2.50 bits per heavy atom. The van der Waals surface area contributed by atoms with Crippen molar-refractivity contribution in [3.63, 3.8) is 0 Å². The SMILES string of the molecule is CCNC(=NCC(CCN(C)C)OCC)NCC(CO)c1ccccc1. The summed E-state index contributed by atoms with van der Waals surface area (Å²) in [6.45, 7) is 7.86. The van der Waals surface area contributed by atoms with Crippen LogP contribution in [0.5, 0.6) is 0 Å². The van der Waals surface area contributed by atoms with Gasteiger partial charge in [0.15, 0.2) is 5.96 Å². The summed E-state index contributed by atoms with van der Waals surface area (Å²) in [5.74, 6) is 0.799. The first-order chi connectivity index (χ1) is 12.6. The molecule has 0 aliphatic heterocycles. The molecule has 0 aliphatic carbocycles. The molecule has 0 spiro atoms. The molecule has 26 heavy (non-hydrogen) atoms. The second-order valence-corrected chi connectivity index (χ2v) is 6.56. The van der Waals surface area contributed by atoms with E-state index >= 15 is 0 Å². The van der Waals surface area contributed by atoms with E-state index in [0.29, 0.717) is 19.7 Å². The first kappa shape index (κ1) is 22.4. The van der Waals surface area contributed by atoms with Crippen LogP contribution in [0.1, 0.15) is 31.7 Å². The standard InChI is InChI=1S/C20H36N4O2/c1-5-21-20(23-15-19(26-6-2)12-13-24(3)4)22-14-18(16-25)17-10-8-7-9-11-17/h7-11,18-19,25H,5-6,12-16H2,1-4H3,(H2,21,22,23). The Bertz CT molecular complexity index is 494. The first-order valence-electron chi connectivity index (χ1n) is 9.54. The monoisotopic (exact) mass is 364 g/mol. The van der Waals surface area contributed by atoms with Gasteiger partial charge in [-0.05, 0) is 39.9 Å². The lowest BCUT2D eigenvalue weighted by molar-refractivity contribution is 0.0582. The molecule has 0 amide bonds. The van der Waals surface area contributed by atoms with E-state index in [2.05, 4.69) is 34.6 Å². The molecule has 1 aromatic carbocycles. The van der Waals surface area contributed by atoms with Crippen LogP contribution < -0.4 is 10.6 Å². The van der Waals surface area contributed by atoms with Crippen molar-refractivity contribution >= 4 is 5.96 Å². The summed E-state index contributed by atoms with van der Waals surface area (Å²) < 4.78 is 5.81. The Morgan fingerprint density at radius 2 is 1.92 bits per heavy atom. The molecule has 0 radical (unpaired) electrons. The quantitative estimate of drug-likeness (QED) is 0.389. The molecule has 3 N–H and O–H groups in total. The van der Waals surface area contributed by atoms with Gasteiger partial charge >= 0.3 is 0 Å². The molecule has 0 saturated heterocycles. The lowest BCUT2D eigenvalue weighted by atomic mass is 10.0. The largest absolute Gasteiger partial charge is 0.396 e. The maximum atomic E-state index is 9.71. The molecule has 0 bridgehead atoms. The summed E-state index contributed by atoms with van der Waals surface area (Å²) in [4.78, 5) is 6.84. The van der Waals surface area contributed by atoms with Gasteiger partial charge in [-0.1, -0.05) is 30.3 Å². The highest BCUT2D eigenvalue weighted by Gasteiger charge is 2.12. The van der Waals surface area contributed by atoms with E-state index in [1.165, 1.54) is 0 Å². The molecule has 0 aromatic heterocycles. The fourth-order valence-corrected chi connectivity index (χ4v) is 2.63. The number of guanidine groups is 1. The van der Waals surface area contributed by atoms with E-state index in [0.717, 1.165) is 31.0 Å². The number of aliphatic hydroxyl groups is 1. The van der Waals surface area contributed by atoms with Gasteiger partial charge in [0.1, 0.15) is 0 Å². The van der Waals surface area contributed by atoms with Gasteiger partial charge in [-0.15, -0.1) is 0 Å². The third-order valence-electron chi connectivity index (χ3n) is 4.11. The number of nitrogens with zero attached hydrogens (tertiary/aromatic N) is 2. The second kappa shape index (κ2) is 13.6. The molecule has 6 heteroatoms. The molecule has 1 rings (SSSR count). The average Bonchev–Trinajstić information content (AvgIpc) is 2.65. The minimum atomic E-state index is 0.0384. The van der Waals surface area contributed by atoms with Gasteiger partial charge in [-0.2, -0.15) is 0 Å². The number of nitrogens with one attached hydrogen (secondary N) is 2. The molecular weight excluding hydrogens is 328 g/mol. The van der Waals surface area contributed by atoms with Crippen LogP contribution in [0.2, 0.25) is 0 Å². The van der Waals surface area contributed by atoms with Crippen molar-refractivity contribution in [2.24, 2.45) is 4.99 Å². The maximum absolute atomic E-state index is 9.71. The van der Waals surface area contributed by atoms with Gasteiger partial charge in [0.2, 0.25) is 0 Å². The second-order valence-electron chi connectivity index (χ2n) is 6.56. The van der Waals surface area contributed by atoms with E-state index in [4.69, 9.17) is 4.74 Å². The van der Waals surface area contributed by atoms with Crippen molar-refractivity contribution in [3.05, 3.63) is 35.9 Å². The zero-order chi connectivity index (χ0) is 19.2. The smallest absolute Gasteiger partial charge is 0.191 e. The van der Waals surface area contributed by atoms with Crippen LogP contribution in [-0.2, 0) is 4.74 Å². The van der Waals surface area contributed by atoms with Crippen LogP contribution in [0, 0.1) is 0 Å². The molecule has 2 unspecified atom stereocenters. The molecule has 148 valence electrons. The zero-order valence-electron chi connectivity index (χ0n) is 16.7. The first-order valence-corrected chi connectivity index (χ1v) is 9.54. The fraction of sp³-hybridized carbons (Fsp3) is 0.650. The molecule has 2 atom stereocenters. The van der Waals surface area contributed by atoms with E-state index in [-0.39, 0.29) is 18.6 Å². The van der Waals surface area contributed by atoms with E-state index in [9.17, 15) is 5.11 Å². The Hall–Kier alpha value is -1.63. The normalized spacial score (nSPS) is 14.3. The van der Waals surface area contributed by atoms with E-state index in [1.807, 2.05) is 44.2 Å². The molecule has 1 aromatic rings. The van der Waals surface area contributed by atoms with Crippen molar-refractivity contribution < 1.29 is 9.84 Å². The minimum Gasteiger partial charge on any atom is -0.396 e. The van der Waals surface area contributed by atoms with Gasteiger partial charge in [-0.3, -0.25) is 4.99 Å². The molecule has 0 fully saturated rings. The number of aliphatic hydroxyl groups excluding tert-OH is 1. The topological polar surface area (TPSA) is 69.1 Å². The highest BCUT2D eigenvalue weighted by atomic mass is 16.5.